The van der Waals surface area contributed by atoms with E-state index in [9.17, 15) is 4.79 Å². The molecule has 1 N–H and O–H groups in total. The van der Waals surface area contributed by atoms with Gasteiger partial charge in [0.2, 0.25) is 0 Å². The number of aromatic nitrogens is 4. The summed E-state index contributed by atoms with van der Waals surface area (Å²) in [5.41, 5.74) is 10.3. The first kappa shape index (κ1) is 32.6. The molecule has 0 aliphatic heterocycles. The van der Waals surface area contributed by atoms with E-state index in [-0.39, 0.29) is 0 Å². The standard InChI is InChI=1S/C38H39Cl2N5O2/c1-23-20-28(21-24(2)36(23)40)47-19-8-12-29-30-14-15-31(39)35(34-25(3)42-43-26(34)4)38(30)45(33(29)22-46)18-9-17-44(5)32-13-6-10-27-11-7-16-41-37(27)32/h6-7,10-11,13-16,20-22H,8-9,12,17-19H2,1-5H3,(H,42,43). The van der Waals surface area contributed by atoms with Crippen LogP contribution in [0.5, 0.6) is 5.75 Å². The number of carbonyl (C=O) groups excluding carboxylic acids is 1. The number of para-hydroxylation sites is 1. The third kappa shape index (κ3) is 6.34. The maximum atomic E-state index is 12.9. The maximum absolute atomic E-state index is 12.9. The van der Waals surface area contributed by atoms with Crippen LogP contribution in [0.15, 0.2) is 60.8 Å². The molecule has 0 aliphatic carbocycles. The van der Waals surface area contributed by atoms with Crippen LogP contribution < -0.4 is 9.64 Å². The number of benzene rings is 3. The van der Waals surface area contributed by atoms with Crippen molar-refractivity contribution in [3.05, 3.63) is 105 Å². The number of carbonyl (C=O) groups is 1. The predicted octanol–water partition coefficient (Wildman–Crippen LogP) is 9.47. The number of H-pyrrole nitrogens is 1. The third-order valence-corrected chi connectivity index (χ3v) is 9.87. The predicted molar refractivity (Wildman–Crippen MR) is 194 cm³/mol. The number of aromatic amines is 1. The summed E-state index contributed by atoms with van der Waals surface area (Å²) in [4.78, 5) is 19.8. The molecule has 6 aromatic rings. The Kier molecular flexibility index (Phi) is 9.57. The lowest BCUT2D eigenvalue weighted by atomic mass is 9.98. The molecule has 0 saturated carbocycles. The van der Waals surface area contributed by atoms with Gasteiger partial charge in [-0.05, 0) is 94.0 Å². The topological polar surface area (TPSA) is 76.0 Å². The lowest BCUT2D eigenvalue weighted by Gasteiger charge is -2.21. The molecular formula is C38H39Cl2N5O2. The fraction of sp³-hybridized carbons (Fsp3) is 0.289. The number of rotatable bonds is 12. The zero-order chi connectivity index (χ0) is 33.2. The number of hydrogen-bond donors (Lipinski definition) is 1. The van der Waals surface area contributed by atoms with Crippen molar-refractivity contribution < 1.29 is 9.53 Å². The van der Waals surface area contributed by atoms with Crippen molar-refractivity contribution in [2.75, 3.05) is 25.1 Å². The minimum Gasteiger partial charge on any atom is -0.494 e. The van der Waals surface area contributed by atoms with Gasteiger partial charge in [0.1, 0.15) is 5.75 Å². The summed E-state index contributed by atoms with van der Waals surface area (Å²) in [5.74, 6) is 0.799. The molecule has 0 aliphatic rings. The van der Waals surface area contributed by atoms with Crippen LogP contribution in [-0.2, 0) is 13.0 Å². The van der Waals surface area contributed by atoms with Crippen molar-refractivity contribution in [2.24, 2.45) is 0 Å². The van der Waals surface area contributed by atoms with Crippen LogP contribution in [-0.4, -0.2) is 46.2 Å². The summed E-state index contributed by atoms with van der Waals surface area (Å²) < 4.78 is 8.30. The highest BCUT2D eigenvalue weighted by Gasteiger charge is 2.24. The second-order valence-corrected chi connectivity index (χ2v) is 13.0. The fourth-order valence-electron chi connectivity index (χ4n) is 6.71. The number of aldehydes is 1. The third-order valence-electron chi connectivity index (χ3n) is 8.96. The number of halogens is 2. The SMILES string of the molecule is Cc1cc(OCCCc2c(C=O)n(CCCN(C)c3cccc4cccnc34)c3c(-c4c(C)n[nH]c4C)c(Cl)ccc23)cc(C)c1Cl. The summed E-state index contributed by atoms with van der Waals surface area (Å²) in [6.45, 7) is 9.87. The molecule has 3 aromatic heterocycles. The van der Waals surface area contributed by atoms with E-state index in [0.29, 0.717) is 30.3 Å². The summed E-state index contributed by atoms with van der Waals surface area (Å²) in [6.07, 6.45) is 5.04. The maximum Gasteiger partial charge on any atom is 0.166 e. The Labute approximate surface area is 285 Å². The Balaban J connectivity index is 1.33. The Hall–Kier alpha value is -4.33. The van der Waals surface area contributed by atoms with E-state index in [1.807, 2.05) is 64.2 Å². The van der Waals surface area contributed by atoms with Crippen LogP contribution in [0, 0.1) is 27.7 Å². The van der Waals surface area contributed by atoms with Gasteiger partial charge in [-0.25, -0.2) is 0 Å². The molecule has 47 heavy (non-hydrogen) atoms. The smallest absolute Gasteiger partial charge is 0.166 e. The van der Waals surface area contributed by atoms with Crippen molar-refractivity contribution in [1.29, 1.82) is 0 Å². The van der Waals surface area contributed by atoms with Crippen LogP contribution in [0.4, 0.5) is 5.69 Å². The molecule has 0 amide bonds. The van der Waals surface area contributed by atoms with Crippen LogP contribution in [0.1, 0.15) is 51.4 Å². The Bertz CT molecular complexity index is 2050. The number of nitrogens with one attached hydrogen (secondary N) is 1. The van der Waals surface area contributed by atoms with E-state index in [1.165, 1.54) is 0 Å². The van der Waals surface area contributed by atoms with Gasteiger partial charge in [0, 0.05) is 58.9 Å². The molecule has 0 saturated heterocycles. The van der Waals surface area contributed by atoms with Gasteiger partial charge in [-0.3, -0.25) is 14.9 Å². The second kappa shape index (κ2) is 13.8. The molecule has 3 heterocycles. The van der Waals surface area contributed by atoms with Crippen molar-refractivity contribution in [3.8, 4) is 16.9 Å². The first-order chi connectivity index (χ1) is 22.7. The number of fused-ring (bicyclic) bond motifs is 2. The average Bonchev–Trinajstić information content (AvgIpc) is 3.56. The van der Waals surface area contributed by atoms with Gasteiger partial charge in [-0.15, -0.1) is 0 Å². The quantitative estimate of drug-likeness (QED) is 0.104. The highest BCUT2D eigenvalue weighted by molar-refractivity contribution is 6.35. The van der Waals surface area contributed by atoms with Crippen molar-refractivity contribution >= 4 is 57.0 Å². The summed E-state index contributed by atoms with van der Waals surface area (Å²) in [6, 6.07) is 18.2. The van der Waals surface area contributed by atoms with Crippen LogP contribution >= 0.6 is 23.2 Å². The van der Waals surface area contributed by atoms with Crippen molar-refractivity contribution in [3.63, 3.8) is 0 Å². The van der Waals surface area contributed by atoms with Gasteiger partial charge in [0.15, 0.2) is 6.29 Å². The number of ether oxygens (including phenoxy) is 1. The fourth-order valence-corrected chi connectivity index (χ4v) is 7.07. The van der Waals surface area contributed by atoms with E-state index in [2.05, 4.69) is 56.0 Å². The van der Waals surface area contributed by atoms with Crippen LogP contribution in [0.3, 0.4) is 0 Å². The van der Waals surface area contributed by atoms with Crippen LogP contribution in [0.2, 0.25) is 10.0 Å². The van der Waals surface area contributed by atoms with E-state index in [4.69, 9.17) is 27.9 Å². The molecule has 0 atom stereocenters. The number of nitrogens with zero attached hydrogens (tertiary/aromatic N) is 4. The Morgan fingerprint density at radius 1 is 0.979 bits per heavy atom. The van der Waals surface area contributed by atoms with E-state index in [0.717, 1.165) is 103 Å². The first-order valence-electron chi connectivity index (χ1n) is 15.9. The van der Waals surface area contributed by atoms with Crippen molar-refractivity contribution in [2.45, 2.75) is 53.5 Å². The van der Waals surface area contributed by atoms with Gasteiger partial charge in [-0.2, -0.15) is 5.10 Å². The molecule has 0 unspecified atom stereocenters. The van der Waals surface area contributed by atoms with Gasteiger partial charge in [-0.1, -0.05) is 47.5 Å². The van der Waals surface area contributed by atoms with E-state index < -0.39 is 0 Å². The van der Waals surface area contributed by atoms with Gasteiger partial charge >= 0.3 is 0 Å². The molecule has 6 rings (SSSR count). The molecule has 0 bridgehead atoms. The van der Waals surface area contributed by atoms with E-state index in [1.54, 1.807) is 0 Å². The first-order valence-corrected chi connectivity index (χ1v) is 16.7. The minimum atomic E-state index is 0.510. The average molecular weight is 669 g/mol. The van der Waals surface area contributed by atoms with Crippen molar-refractivity contribution in [1.82, 2.24) is 19.7 Å². The van der Waals surface area contributed by atoms with E-state index >= 15 is 0 Å². The molecule has 0 spiro atoms. The Morgan fingerprint density at radius 3 is 2.47 bits per heavy atom. The molecule has 0 fully saturated rings. The van der Waals surface area contributed by atoms with Gasteiger partial charge < -0.3 is 14.2 Å². The molecule has 9 heteroatoms. The second-order valence-electron chi connectivity index (χ2n) is 12.2. The molecular weight excluding hydrogens is 629 g/mol. The lowest BCUT2D eigenvalue weighted by molar-refractivity contribution is 0.111. The largest absolute Gasteiger partial charge is 0.494 e. The molecule has 242 valence electrons. The highest BCUT2D eigenvalue weighted by Crippen LogP contribution is 2.41. The monoisotopic (exact) mass is 667 g/mol. The number of anilines is 1. The zero-order valence-electron chi connectivity index (χ0n) is 27.5. The summed E-state index contributed by atoms with van der Waals surface area (Å²) in [7, 11) is 2.09. The summed E-state index contributed by atoms with van der Waals surface area (Å²) >= 11 is 13.3. The highest BCUT2D eigenvalue weighted by atomic mass is 35.5. The molecule has 3 aromatic carbocycles. The molecule has 0 radical (unpaired) electrons. The zero-order valence-corrected chi connectivity index (χ0v) is 29.0. The number of hydrogen-bond acceptors (Lipinski definition) is 5. The van der Waals surface area contributed by atoms with Crippen LogP contribution in [0.25, 0.3) is 32.9 Å². The van der Waals surface area contributed by atoms with Gasteiger partial charge in [0.25, 0.3) is 0 Å². The number of pyridine rings is 1. The summed E-state index contributed by atoms with van der Waals surface area (Å²) in [5, 5.41) is 11.1. The minimum absolute atomic E-state index is 0.510. The number of aryl methyl sites for hydroxylation is 6. The normalized spacial score (nSPS) is 11.5. The lowest BCUT2D eigenvalue weighted by Crippen LogP contribution is -2.21. The molecule has 7 nitrogen and oxygen atoms in total. The van der Waals surface area contributed by atoms with Gasteiger partial charge in [0.05, 0.1) is 39.7 Å². The Morgan fingerprint density at radius 2 is 1.74 bits per heavy atom.